The van der Waals surface area contributed by atoms with Gasteiger partial charge in [0.25, 0.3) is 0 Å². The Labute approximate surface area is 118 Å². The van der Waals surface area contributed by atoms with Crippen molar-refractivity contribution in [2.75, 3.05) is 19.7 Å². The molecule has 9 heteroatoms. The summed E-state index contributed by atoms with van der Waals surface area (Å²) in [5, 5.41) is 17.8. The van der Waals surface area contributed by atoms with Gasteiger partial charge in [0, 0.05) is 25.8 Å². The Hall–Kier alpha value is -0.900. The third kappa shape index (κ3) is 2.69. The van der Waals surface area contributed by atoms with E-state index in [1.807, 2.05) is 0 Å². The Morgan fingerprint density at radius 3 is 2.74 bits per heavy atom. The Morgan fingerprint density at radius 2 is 2.26 bits per heavy atom. The van der Waals surface area contributed by atoms with E-state index in [9.17, 15) is 13.2 Å². The molecule has 1 atom stereocenters. The van der Waals surface area contributed by atoms with Crippen molar-refractivity contribution in [3.8, 4) is 0 Å². The number of nitrogens with zero attached hydrogens (tertiary/aromatic N) is 1. The first kappa shape index (κ1) is 14.5. The van der Waals surface area contributed by atoms with Gasteiger partial charge in [0.05, 0.1) is 0 Å². The van der Waals surface area contributed by atoms with Crippen LogP contribution in [0, 0.1) is 5.92 Å². The fourth-order valence-corrected chi connectivity index (χ4v) is 4.37. The van der Waals surface area contributed by atoms with E-state index in [4.69, 9.17) is 14.6 Å². The number of carboxylic acid groups (broad SMARTS) is 1. The topological polar surface area (TPSA) is 108 Å². The van der Waals surface area contributed by atoms with Crippen molar-refractivity contribution in [2.45, 2.75) is 11.3 Å². The van der Waals surface area contributed by atoms with Gasteiger partial charge >= 0.3 is 5.97 Å². The molecule has 1 aliphatic heterocycles. The summed E-state index contributed by atoms with van der Waals surface area (Å²) in [4.78, 5) is 10.6. The van der Waals surface area contributed by atoms with Gasteiger partial charge in [-0.15, -0.1) is 0 Å². The summed E-state index contributed by atoms with van der Waals surface area (Å²) in [5.41, 5.74) is 0. The highest BCUT2D eigenvalue weighted by Gasteiger charge is 2.35. The summed E-state index contributed by atoms with van der Waals surface area (Å²) < 4.78 is 30.6. The van der Waals surface area contributed by atoms with Gasteiger partial charge in [-0.1, -0.05) is 0 Å². The number of carboxylic acids is 1. The van der Waals surface area contributed by atoms with Gasteiger partial charge in [0.1, 0.15) is 4.90 Å². The van der Waals surface area contributed by atoms with Crippen LogP contribution in [0.2, 0.25) is 0 Å². The van der Waals surface area contributed by atoms with Gasteiger partial charge in [-0.3, -0.25) is 0 Å². The highest BCUT2D eigenvalue weighted by atomic mass is 79.9. The van der Waals surface area contributed by atoms with Gasteiger partial charge in [-0.2, -0.15) is 4.31 Å². The molecule has 0 aliphatic carbocycles. The standard InChI is InChI=1S/C10H12BrNO6S/c11-9-8(3-7(18-9)10(14)15)19(16,17)12-2-1-6(4-12)5-13/h3,6,13H,1-2,4-5H2,(H,14,15). The number of halogens is 1. The molecule has 1 unspecified atom stereocenters. The van der Waals surface area contributed by atoms with E-state index in [0.29, 0.717) is 13.0 Å². The minimum atomic E-state index is -3.81. The smallest absolute Gasteiger partial charge is 0.371 e. The second-order valence-corrected chi connectivity index (χ2v) is 6.88. The highest BCUT2D eigenvalue weighted by Crippen LogP contribution is 2.31. The van der Waals surface area contributed by atoms with Crippen LogP contribution in [0.3, 0.4) is 0 Å². The Kier molecular flexibility index (Phi) is 4.00. The predicted octanol–water partition coefficient (Wildman–Crippen LogP) is 0.743. The first-order chi connectivity index (χ1) is 8.86. The summed E-state index contributed by atoms with van der Waals surface area (Å²) in [6.45, 7) is 0.450. The van der Waals surface area contributed by atoms with Crippen LogP contribution >= 0.6 is 15.9 Å². The van der Waals surface area contributed by atoms with E-state index in [-0.39, 0.29) is 28.6 Å². The van der Waals surface area contributed by atoms with Crippen LogP contribution in [0.15, 0.2) is 20.0 Å². The summed E-state index contributed by atoms with van der Waals surface area (Å²) in [6.07, 6.45) is 0.580. The van der Waals surface area contributed by atoms with Crippen LogP contribution < -0.4 is 0 Å². The lowest BCUT2D eigenvalue weighted by molar-refractivity contribution is 0.0661. The lowest BCUT2D eigenvalue weighted by Crippen LogP contribution is -2.29. The van der Waals surface area contributed by atoms with Gasteiger partial charge in [0.2, 0.25) is 15.8 Å². The molecule has 0 aromatic carbocycles. The van der Waals surface area contributed by atoms with Gasteiger partial charge < -0.3 is 14.6 Å². The Morgan fingerprint density at radius 1 is 1.58 bits per heavy atom. The number of aliphatic hydroxyl groups excluding tert-OH is 1. The molecule has 1 aliphatic rings. The molecular weight excluding hydrogens is 342 g/mol. The second kappa shape index (κ2) is 5.23. The van der Waals surface area contributed by atoms with Crippen LogP contribution in [0.1, 0.15) is 17.0 Å². The minimum absolute atomic E-state index is 0.0705. The highest BCUT2D eigenvalue weighted by molar-refractivity contribution is 9.10. The predicted molar refractivity (Wildman–Crippen MR) is 67.3 cm³/mol. The van der Waals surface area contributed by atoms with Crippen LogP contribution in [-0.2, 0) is 10.0 Å². The summed E-state index contributed by atoms with van der Waals surface area (Å²) >= 11 is 2.92. The fraction of sp³-hybridized carbons (Fsp3) is 0.500. The molecule has 2 heterocycles. The normalized spacial score (nSPS) is 20.8. The lowest BCUT2D eigenvalue weighted by atomic mass is 10.1. The van der Waals surface area contributed by atoms with E-state index in [2.05, 4.69) is 15.9 Å². The SMILES string of the molecule is O=C(O)c1cc(S(=O)(=O)N2CCC(CO)C2)c(Br)o1. The number of hydrogen-bond donors (Lipinski definition) is 2. The van der Waals surface area contributed by atoms with Crippen molar-refractivity contribution >= 4 is 31.9 Å². The third-order valence-corrected chi connectivity index (χ3v) is 5.71. The molecule has 0 saturated carbocycles. The zero-order valence-electron chi connectivity index (χ0n) is 9.74. The molecule has 2 N–H and O–H groups in total. The van der Waals surface area contributed by atoms with Crippen molar-refractivity contribution in [3.05, 3.63) is 16.5 Å². The molecule has 7 nitrogen and oxygen atoms in total. The molecule has 2 rings (SSSR count). The molecule has 0 bridgehead atoms. The van der Waals surface area contributed by atoms with Gasteiger partial charge in [-0.05, 0) is 28.3 Å². The molecule has 106 valence electrons. The van der Waals surface area contributed by atoms with Crippen LogP contribution in [0.25, 0.3) is 0 Å². The largest absolute Gasteiger partial charge is 0.475 e. The Bertz CT molecular complexity index is 595. The van der Waals surface area contributed by atoms with Crippen LogP contribution in [0.4, 0.5) is 0 Å². The van der Waals surface area contributed by atoms with E-state index >= 15 is 0 Å². The number of aliphatic hydroxyl groups is 1. The second-order valence-electron chi connectivity index (χ2n) is 4.25. The molecule has 1 aromatic heterocycles. The molecule has 0 radical (unpaired) electrons. The molecular formula is C10H12BrNO6S. The average Bonchev–Trinajstić information content (AvgIpc) is 2.95. The monoisotopic (exact) mass is 353 g/mol. The lowest BCUT2D eigenvalue weighted by Gasteiger charge is -2.14. The average molecular weight is 354 g/mol. The van der Waals surface area contributed by atoms with E-state index in [1.54, 1.807) is 0 Å². The van der Waals surface area contributed by atoms with E-state index in [1.165, 1.54) is 4.31 Å². The molecule has 1 aromatic rings. The number of furan rings is 1. The first-order valence-corrected chi connectivity index (χ1v) is 7.73. The minimum Gasteiger partial charge on any atom is -0.475 e. The third-order valence-electron chi connectivity index (χ3n) is 2.99. The Balaban J connectivity index is 2.32. The van der Waals surface area contributed by atoms with Crippen LogP contribution in [0.5, 0.6) is 0 Å². The zero-order valence-corrected chi connectivity index (χ0v) is 12.1. The number of rotatable bonds is 4. The first-order valence-electron chi connectivity index (χ1n) is 5.50. The van der Waals surface area contributed by atoms with Crippen molar-refractivity contribution < 1.29 is 27.8 Å². The van der Waals surface area contributed by atoms with Crippen molar-refractivity contribution in [1.82, 2.24) is 4.31 Å². The molecule has 0 spiro atoms. The molecule has 19 heavy (non-hydrogen) atoms. The van der Waals surface area contributed by atoms with Crippen LogP contribution in [-0.4, -0.2) is 48.6 Å². The van der Waals surface area contributed by atoms with Crippen molar-refractivity contribution in [1.29, 1.82) is 0 Å². The summed E-state index contributed by atoms with van der Waals surface area (Å²) in [7, 11) is -3.81. The maximum Gasteiger partial charge on any atom is 0.371 e. The number of aromatic carboxylic acids is 1. The molecule has 1 fully saturated rings. The fourth-order valence-electron chi connectivity index (χ4n) is 1.94. The maximum absolute atomic E-state index is 12.3. The molecule has 0 amide bonds. The zero-order chi connectivity index (χ0) is 14.2. The number of carbonyl (C=O) groups is 1. The number of hydrogen-bond acceptors (Lipinski definition) is 5. The molecule has 1 saturated heterocycles. The number of sulfonamides is 1. The van der Waals surface area contributed by atoms with E-state index < -0.39 is 21.8 Å². The summed E-state index contributed by atoms with van der Waals surface area (Å²) in [6, 6.07) is 0.980. The van der Waals surface area contributed by atoms with Crippen molar-refractivity contribution in [3.63, 3.8) is 0 Å². The van der Waals surface area contributed by atoms with Gasteiger partial charge in [-0.25, -0.2) is 13.2 Å². The summed E-state index contributed by atoms with van der Waals surface area (Å²) in [5.74, 6) is -1.86. The van der Waals surface area contributed by atoms with Crippen molar-refractivity contribution in [2.24, 2.45) is 5.92 Å². The van der Waals surface area contributed by atoms with E-state index in [0.717, 1.165) is 6.07 Å². The quantitative estimate of drug-likeness (QED) is 0.826. The maximum atomic E-state index is 12.3. The van der Waals surface area contributed by atoms with Gasteiger partial charge in [0.15, 0.2) is 4.67 Å².